The van der Waals surface area contributed by atoms with Crippen LogP contribution in [0, 0.1) is 57.7 Å². The van der Waals surface area contributed by atoms with Gasteiger partial charge < -0.3 is 14.2 Å². The Labute approximate surface area is 254 Å². The van der Waals surface area contributed by atoms with Crippen LogP contribution in [0.1, 0.15) is 133 Å². The Bertz CT molecular complexity index is 1050. The number of carbonyl (C=O) groups excluding carboxylic acids is 3. The zero-order valence-corrected chi connectivity index (χ0v) is 27.9. The molecule has 5 aliphatic rings. The van der Waals surface area contributed by atoms with Crippen molar-refractivity contribution in [3.63, 3.8) is 0 Å². The van der Waals surface area contributed by atoms with Crippen LogP contribution in [-0.4, -0.2) is 35.7 Å². The van der Waals surface area contributed by atoms with Crippen LogP contribution in [0.5, 0.6) is 0 Å². The van der Waals surface area contributed by atoms with Gasteiger partial charge in [-0.3, -0.25) is 4.79 Å². The van der Waals surface area contributed by atoms with Gasteiger partial charge in [0.05, 0.1) is 5.92 Å². The zero-order valence-electron chi connectivity index (χ0n) is 27.9. The predicted octanol–water partition coefficient (Wildman–Crippen LogP) is 7.90. The highest BCUT2D eigenvalue weighted by Crippen LogP contribution is 2.65. The lowest BCUT2D eigenvalue weighted by atomic mass is 9.52. The largest absolute Gasteiger partial charge is 0.456 e. The predicted molar refractivity (Wildman–Crippen MR) is 162 cm³/mol. The van der Waals surface area contributed by atoms with Gasteiger partial charge >= 0.3 is 17.9 Å². The highest BCUT2D eigenvalue weighted by molar-refractivity contribution is 5.87. The van der Waals surface area contributed by atoms with Crippen molar-refractivity contribution in [2.75, 3.05) is 0 Å². The molecule has 4 aliphatic carbocycles. The first kappa shape index (κ1) is 31.8. The quantitative estimate of drug-likeness (QED) is 0.223. The smallest absolute Gasteiger partial charge is 0.348 e. The van der Waals surface area contributed by atoms with Gasteiger partial charge in [-0.2, -0.15) is 0 Å². The number of fused-ring (bicyclic) bond motifs is 4. The third-order valence-electron chi connectivity index (χ3n) is 12.8. The molecule has 4 saturated carbocycles. The fourth-order valence-corrected chi connectivity index (χ4v) is 10.9. The second kappa shape index (κ2) is 11.1. The maximum atomic E-state index is 13.6. The molecule has 0 N–H and O–H groups in total. The summed E-state index contributed by atoms with van der Waals surface area (Å²) in [5.41, 5.74) is -0.373. The lowest BCUT2D eigenvalue weighted by Crippen LogP contribution is -2.55. The maximum absolute atomic E-state index is 13.6. The Morgan fingerprint density at radius 1 is 0.905 bits per heavy atom. The van der Waals surface area contributed by atoms with E-state index >= 15 is 0 Å². The van der Waals surface area contributed by atoms with E-state index in [0.29, 0.717) is 29.6 Å². The molecule has 0 aromatic carbocycles. The summed E-state index contributed by atoms with van der Waals surface area (Å²) in [7, 11) is 0. The van der Waals surface area contributed by atoms with Crippen molar-refractivity contribution < 1.29 is 28.6 Å². The number of cyclic esters (lactones) is 1. The van der Waals surface area contributed by atoms with Gasteiger partial charge in [0.25, 0.3) is 0 Å². The molecule has 0 aromatic rings. The first-order valence-corrected chi connectivity index (χ1v) is 17.2. The van der Waals surface area contributed by atoms with Crippen molar-refractivity contribution in [2.45, 2.75) is 151 Å². The van der Waals surface area contributed by atoms with E-state index in [1.807, 2.05) is 0 Å². The van der Waals surface area contributed by atoms with Crippen LogP contribution in [0.4, 0.5) is 0 Å². The van der Waals surface area contributed by atoms with Crippen molar-refractivity contribution in [3.05, 3.63) is 0 Å². The third kappa shape index (κ3) is 5.55. The van der Waals surface area contributed by atoms with Gasteiger partial charge in [0.15, 0.2) is 0 Å². The van der Waals surface area contributed by atoms with E-state index in [-0.39, 0.29) is 40.5 Å². The molecule has 5 rings (SSSR count). The number of ether oxygens (including phenoxy) is 3. The molecule has 0 spiro atoms. The minimum Gasteiger partial charge on any atom is -0.456 e. The average Bonchev–Trinajstić information content (AvgIpc) is 3.61. The van der Waals surface area contributed by atoms with Crippen molar-refractivity contribution in [1.29, 1.82) is 0 Å². The second-order valence-corrected chi connectivity index (χ2v) is 17.3. The fourth-order valence-electron chi connectivity index (χ4n) is 10.9. The molecule has 4 bridgehead atoms. The van der Waals surface area contributed by atoms with Gasteiger partial charge in [-0.15, -0.1) is 0 Å². The third-order valence-corrected chi connectivity index (χ3v) is 12.8. The molecule has 1 heterocycles. The summed E-state index contributed by atoms with van der Waals surface area (Å²) in [6, 6.07) is 0. The lowest BCUT2D eigenvalue weighted by Gasteiger charge is -2.56. The zero-order chi connectivity index (χ0) is 30.8. The van der Waals surface area contributed by atoms with E-state index in [0.717, 1.165) is 44.9 Å². The molecule has 42 heavy (non-hydrogen) atoms. The summed E-state index contributed by atoms with van der Waals surface area (Å²) in [5, 5.41) is 0. The molecular weight excluding hydrogens is 528 g/mol. The number of rotatable bonds is 7. The summed E-state index contributed by atoms with van der Waals surface area (Å²) in [4.78, 5) is 40.0. The van der Waals surface area contributed by atoms with E-state index in [9.17, 15) is 14.4 Å². The first-order chi connectivity index (χ1) is 19.5. The molecule has 1 saturated heterocycles. The molecule has 6 heteroatoms. The van der Waals surface area contributed by atoms with E-state index < -0.39 is 29.7 Å². The first-order valence-electron chi connectivity index (χ1n) is 17.2. The molecule has 1 aliphatic heterocycles. The van der Waals surface area contributed by atoms with Gasteiger partial charge in [0, 0.05) is 11.8 Å². The minimum atomic E-state index is -1.04. The van der Waals surface area contributed by atoms with Crippen molar-refractivity contribution in [3.8, 4) is 0 Å². The SMILES string of the molecule is CCC1CC2CCCC(C(C)(CC)OC(=O)C3CC(OC(=O)C4CC5CC4C(C(C)(C)C)C5C(C)(C)C)C(=O)O3)(C1)C2. The number of hydrogen-bond donors (Lipinski definition) is 0. The van der Waals surface area contributed by atoms with Crippen LogP contribution in [-0.2, 0) is 28.6 Å². The molecule has 0 radical (unpaired) electrons. The van der Waals surface area contributed by atoms with Crippen LogP contribution in [0.25, 0.3) is 0 Å². The Hall–Kier alpha value is -1.59. The molecule has 0 aromatic heterocycles. The van der Waals surface area contributed by atoms with Crippen LogP contribution in [0.15, 0.2) is 0 Å². The summed E-state index contributed by atoms with van der Waals surface area (Å²) in [5.74, 6) is 1.52. The number of hydrogen-bond acceptors (Lipinski definition) is 6. The van der Waals surface area contributed by atoms with Crippen molar-refractivity contribution in [2.24, 2.45) is 57.7 Å². The average molecular weight is 587 g/mol. The van der Waals surface area contributed by atoms with E-state index in [1.54, 1.807) is 0 Å². The van der Waals surface area contributed by atoms with Crippen LogP contribution in [0.2, 0.25) is 0 Å². The van der Waals surface area contributed by atoms with Gasteiger partial charge in [-0.1, -0.05) is 74.7 Å². The van der Waals surface area contributed by atoms with E-state index in [2.05, 4.69) is 62.3 Å². The van der Waals surface area contributed by atoms with Crippen LogP contribution >= 0.6 is 0 Å². The normalized spacial score (nSPS) is 41.3. The Balaban J connectivity index is 1.23. The second-order valence-electron chi connectivity index (χ2n) is 17.3. The molecule has 0 amide bonds. The van der Waals surface area contributed by atoms with Gasteiger partial charge in [-0.05, 0) is 98.2 Å². The topological polar surface area (TPSA) is 78.9 Å². The Morgan fingerprint density at radius 3 is 2.21 bits per heavy atom. The molecule has 6 nitrogen and oxygen atoms in total. The van der Waals surface area contributed by atoms with Crippen molar-refractivity contribution >= 4 is 17.9 Å². The van der Waals surface area contributed by atoms with Gasteiger partial charge in [-0.25, -0.2) is 9.59 Å². The molecule has 11 atom stereocenters. The Morgan fingerprint density at radius 2 is 1.60 bits per heavy atom. The van der Waals surface area contributed by atoms with Crippen LogP contribution < -0.4 is 0 Å². The van der Waals surface area contributed by atoms with Crippen molar-refractivity contribution in [1.82, 2.24) is 0 Å². The van der Waals surface area contributed by atoms with Gasteiger partial charge in [0.1, 0.15) is 5.60 Å². The highest BCUT2D eigenvalue weighted by atomic mass is 16.6. The maximum Gasteiger partial charge on any atom is 0.348 e. The fraction of sp³-hybridized carbons (Fsp3) is 0.917. The molecule has 5 fully saturated rings. The monoisotopic (exact) mass is 586 g/mol. The van der Waals surface area contributed by atoms with E-state index in [1.165, 1.54) is 19.3 Å². The van der Waals surface area contributed by atoms with E-state index in [4.69, 9.17) is 14.2 Å². The molecular formula is C36H58O6. The number of carbonyl (C=O) groups is 3. The molecule has 238 valence electrons. The summed E-state index contributed by atoms with van der Waals surface area (Å²) < 4.78 is 17.8. The summed E-state index contributed by atoms with van der Waals surface area (Å²) >= 11 is 0. The van der Waals surface area contributed by atoms with Gasteiger partial charge in [0.2, 0.25) is 12.2 Å². The Kier molecular flexibility index (Phi) is 8.40. The van der Waals surface area contributed by atoms with Crippen LogP contribution in [0.3, 0.4) is 0 Å². The number of esters is 3. The minimum absolute atomic E-state index is 0.0238. The standard InChI is InChI=1S/C36H58O6/c1-10-21-15-22-13-12-14-36(19-21,20-22)35(9,11-2)42-32(39)27-18-26(31(38)41-27)40-30(37)25-17-23-16-24(25)29(34(6,7)8)28(23)33(3,4)5/h21-29H,10-20H2,1-9H3. The highest BCUT2D eigenvalue weighted by Gasteiger charge is 2.61. The lowest BCUT2D eigenvalue weighted by molar-refractivity contribution is -0.199. The summed E-state index contributed by atoms with van der Waals surface area (Å²) in [6.07, 6.45) is 8.78. The summed E-state index contributed by atoms with van der Waals surface area (Å²) in [6.45, 7) is 20.3. The molecule has 11 unspecified atom stereocenters.